The first kappa shape index (κ1) is 11.8. The number of nitrogen functional groups attached to an aromatic ring is 1. The van der Waals surface area contributed by atoms with Gasteiger partial charge in [-0.25, -0.2) is 0 Å². The van der Waals surface area contributed by atoms with Crippen LogP contribution >= 0.6 is 0 Å². The van der Waals surface area contributed by atoms with Gasteiger partial charge < -0.3 is 21.1 Å². The van der Waals surface area contributed by atoms with E-state index < -0.39 is 0 Å². The van der Waals surface area contributed by atoms with Crippen LogP contribution in [-0.2, 0) is 0 Å². The van der Waals surface area contributed by atoms with Crippen LogP contribution in [0.5, 0.6) is 5.75 Å². The summed E-state index contributed by atoms with van der Waals surface area (Å²) in [7, 11) is 5.60. The molecule has 0 fully saturated rings. The predicted octanol–water partition coefficient (Wildman–Crippen LogP) is 0.839. The summed E-state index contributed by atoms with van der Waals surface area (Å²) in [4.78, 5) is 2.07. The highest BCUT2D eigenvalue weighted by molar-refractivity contribution is 5.54. The van der Waals surface area contributed by atoms with Gasteiger partial charge in [-0.3, -0.25) is 0 Å². The number of methoxy groups -OCH3 is 1. The zero-order chi connectivity index (χ0) is 11.4. The second-order valence-electron chi connectivity index (χ2n) is 3.72. The second-order valence-corrected chi connectivity index (χ2v) is 3.72. The Morgan fingerprint density at radius 3 is 2.47 bits per heavy atom. The molecule has 0 amide bonds. The van der Waals surface area contributed by atoms with Gasteiger partial charge in [-0.2, -0.15) is 0 Å². The van der Waals surface area contributed by atoms with Crippen molar-refractivity contribution >= 4 is 5.69 Å². The molecule has 0 aliphatic rings. The van der Waals surface area contributed by atoms with Crippen molar-refractivity contribution in [1.29, 1.82) is 0 Å². The lowest BCUT2D eigenvalue weighted by Crippen LogP contribution is -2.27. The normalized spacial score (nSPS) is 12.9. The van der Waals surface area contributed by atoms with E-state index in [2.05, 4.69) is 4.90 Å². The minimum absolute atomic E-state index is 0.193. The average molecular weight is 209 g/mol. The van der Waals surface area contributed by atoms with E-state index in [-0.39, 0.29) is 6.04 Å². The third-order valence-electron chi connectivity index (χ3n) is 2.49. The zero-order valence-corrected chi connectivity index (χ0v) is 9.53. The lowest BCUT2D eigenvalue weighted by Gasteiger charge is -2.23. The van der Waals surface area contributed by atoms with Crippen LogP contribution in [0, 0.1) is 0 Å². The Morgan fingerprint density at radius 1 is 1.40 bits per heavy atom. The molecule has 84 valence electrons. The van der Waals surface area contributed by atoms with Crippen LogP contribution in [0.4, 0.5) is 5.69 Å². The summed E-state index contributed by atoms with van der Waals surface area (Å²) >= 11 is 0. The predicted molar refractivity (Wildman–Crippen MR) is 62.9 cm³/mol. The SMILES string of the molecule is COc1ccc(C(CN)N(C)C)cc1N. The van der Waals surface area contributed by atoms with Crippen LogP contribution in [0.2, 0.25) is 0 Å². The molecule has 0 radical (unpaired) electrons. The zero-order valence-electron chi connectivity index (χ0n) is 9.53. The molecule has 0 saturated carbocycles. The van der Waals surface area contributed by atoms with Gasteiger partial charge in [0, 0.05) is 12.6 Å². The van der Waals surface area contributed by atoms with Crippen LogP contribution in [0.25, 0.3) is 0 Å². The highest BCUT2D eigenvalue weighted by atomic mass is 16.5. The van der Waals surface area contributed by atoms with Crippen molar-refractivity contribution in [1.82, 2.24) is 4.90 Å². The Kier molecular flexibility index (Phi) is 3.94. The van der Waals surface area contributed by atoms with Gasteiger partial charge in [0.25, 0.3) is 0 Å². The molecule has 1 aromatic rings. The van der Waals surface area contributed by atoms with Crippen molar-refractivity contribution < 1.29 is 4.74 Å². The van der Waals surface area contributed by atoms with Crippen LogP contribution in [0.1, 0.15) is 11.6 Å². The van der Waals surface area contributed by atoms with Crippen molar-refractivity contribution in [2.24, 2.45) is 5.73 Å². The fourth-order valence-corrected chi connectivity index (χ4v) is 1.61. The van der Waals surface area contributed by atoms with Gasteiger partial charge in [-0.15, -0.1) is 0 Å². The monoisotopic (exact) mass is 209 g/mol. The summed E-state index contributed by atoms with van der Waals surface area (Å²) in [5, 5.41) is 0. The maximum absolute atomic E-state index is 5.84. The molecule has 1 atom stereocenters. The number of hydrogen-bond acceptors (Lipinski definition) is 4. The number of ether oxygens (including phenoxy) is 1. The average Bonchev–Trinajstić information content (AvgIpc) is 2.18. The molecule has 0 aliphatic carbocycles. The molecule has 0 bridgehead atoms. The van der Waals surface area contributed by atoms with Gasteiger partial charge in [0.15, 0.2) is 0 Å². The van der Waals surface area contributed by atoms with Gasteiger partial charge in [-0.05, 0) is 31.8 Å². The van der Waals surface area contributed by atoms with Crippen molar-refractivity contribution in [3.05, 3.63) is 23.8 Å². The Labute approximate surface area is 90.8 Å². The highest BCUT2D eigenvalue weighted by Gasteiger charge is 2.13. The molecular weight excluding hydrogens is 190 g/mol. The van der Waals surface area contributed by atoms with Crippen molar-refractivity contribution in [3.63, 3.8) is 0 Å². The Morgan fingerprint density at radius 2 is 2.07 bits per heavy atom. The molecule has 4 N–H and O–H groups in total. The number of anilines is 1. The van der Waals surface area contributed by atoms with E-state index in [9.17, 15) is 0 Å². The lowest BCUT2D eigenvalue weighted by atomic mass is 10.1. The van der Waals surface area contributed by atoms with E-state index in [4.69, 9.17) is 16.2 Å². The van der Waals surface area contributed by atoms with E-state index in [0.29, 0.717) is 18.0 Å². The van der Waals surface area contributed by atoms with Gasteiger partial charge in [0.2, 0.25) is 0 Å². The molecule has 1 rings (SSSR count). The maximum Gasteiger partial charge on any atom is 0.141 e. The van der Waals surface area contributed by atoms with Gasteiger partial charge in [-0.1, -0.05) is 6.07 Å². The smallest absolute Gasteiger partial charge is 0.141 e. The first-order valence-corrected chi connectivity index (χ1v) is 4.90. The van der Waals surface area contributed by atoms with E-state index in [1.807, 2.05) is 32.3 Å². The minimum atomic E-state index is 0.193. The molecular formula is C11H19N3O. The first-order valence-electron chi connectivity index (χ1n) is 4.90. The largest absolute Gasteiger partial charge is 0.495 e. The molecule has 1 unspecified atom stereocenters. The third kappa shape index (κ3) is 2.61. The van der Waals surface area contributed by atoms with Crippen LogP contribution < -0.4 is 16.2 Å². The summed E-state index contributed by atoms with van der Waals surface area (Å²) in [6, 6.07) is 5.97. The number of benzene rings is 1. The van der Waals surface area contributed by atoms with Crippen LogP contribution in [0.15, 0.2) is 18.2 Å². The lowest BCUT2D eigenvalue weighted by molar-refractivity contribution is 0.306. The summed E-state index contributed by atoms with van der Waals surface area (Å²) < 4.78 is 5.10. The highest BCUT2D eigenvalue weighted by Crippen LogP contribution is 2.26. The quantitative estimate of drug-likeness (QED) is 0.721. The summed E-state index contributed by atoms with van der Waals surface area (Å²) in [5.74, 6) is 0.702. The first-order chi connectivity index (χ1) is 7.10. The standard InChI is InChI=1S/C11H19N3O/c1-14(2)10(7-12)8-4-5-11(15-3)9(13)6-8/h4-6,10H,7,12-13H2,1-3H3. The van der Waals surface area contributed by atoms with Gasteiger partial charge in [0.1, 0.15) is 5.75 Å². The van der Waals surface area contributed by atoms with Crippen LogP contribution in [0.3, 0.4) is 0 Å². The minimum Gasteiger partial charge on any atom is -0.495 e. The third-order valence-corrected chi connectivity index (χ3v) is 2.49. The Bertz CT molecular complexity index is 326. The fraction of sp³-hybridized carbons (Fsp3) is 0.455. The van der Waals surface area contributed by atoms with E-state index in [1.54, 1.807) is 7.11 Å². The van der Waals surface area contributed by atoms with Gasteiger partial charge >= 0.3 is 0 Å². The van der Waals surface area contributed by atoms with E-state index in [1.165, 1.54) is 0 Å². The van der Waals surface area contributed by atoms with Crippen molar-refractivity contribution in [3.8, 4) is 5.75 Å². The van der Waals surface area contributed by atoms with Crippen LogP contribution in [-0.4, -0.2) is 32.6 Å². The number of rotatable bonds is 4. The Balaban J connectivity index is 3.00. The van der Waals surface area contributed by atoms with Gasteiger partial charge in [0.05, 0.1) is 12.8 Å². The second kappa shape index (κ2) is 5.00. The summed E-state index contributed by atoms with van der Waals surface area (Å²) in [6.45, 7) is 0.568. The molecule has 4 heteroatoms. The molecule has 0 aromatic heterocycles. The Hall–Kier alpha value is -1.26. The number of nitrogens with two attached hydrogens (primary N) is 2. The van der Waals surface area contributed by atoms with E-state index >= 15 is 0 Å². The molecule has 0 saturated heterocycles. The topological polar surface area (TPSA) is 64.5 Å². The van der Waals surface area contributed by atoms with Crippen molar-refractivity contribution in [2.45, 2.75) is 6.04 Å². The molecule has 0 spiro atoms. The molecule has 15 heavy (non-hydrogen) atoms. The molecule has 4 nitrogen and oxygen atoms in total. The molecule has 0 aliphatic heterocycles. The molecule has 0 heterocycles. The number of hydrogen-bond donors (Lipinski definition) is 2. The maximum atomic E-state index is 5.84. The van der Waals surface area contributed by atoms with E-state index in [0.717, 1.165) is 5.56 Å². The number of nitrogens with zero attached hydrogens (tertiary/aromatic N) is 1. The fourth-order valence-electron chi connectivity index (χ4n) is 1.61. The number of likely N-dealkylation sites (N-methyl/N-ethyl adjacent to an activating group) is 1. The molecule has 1 aromatic carbocycles. The summed E-state index contributed by atoms with van der Waals surface area (Å²) in [6.07, 6.45) is 0. The summed E-state index contributed by atoms with van der Waals surface area (Å²) in [5.41, 5.74) is 13.3. The van der Waals surface area contributed by atoms with Crippen molar-refractivity contribution in [2.75, 3.05) is 33.5 Å².